The molecule has 2 rings (SSSR count). The third-order valence-corrected chi connectivity index (χ3v) is 3.03. The molecule has 1 unspecified atom stereocenters. The number of alkyl halides is 3. The van der Waals surface area contributed by atoms with Gasteiger partial charge in [-0.05, 0) is 29.7 Å². The van der Waals surface area contributed by atoms with Crippen molar-refractivity contribution in [2.24, 2.45) is 0 Å². The van der Waals surface area contributed by atoms with E-state index in [2.05, 4.69) is 11.3 Å². The van der Waals surface area contributed by atoms with E-state index in [-0.39, 0.29) is 5.75 Å². The van der Waals surface area contributed by atoms with E-state index < -0.39 is 12.0 Å². The van der Waals surface area contributed by atoms with Gasteiger partial charge < -0.3 is 9.47 Å². The fourth-order valence-electron chi connectivity index (χ4n) is 1.82. The minimum absolute atomic E-state index is 0.243. The first-order chi connectivity index (χ1) is 8.36. The Hall–Kier alpha value is -1.49. The van der Waals surface area contributed by atoms with Gasteiger partial charge in [0, 0.05) is 0 Å². The predicted molar refractivity (Wildman–Crippen MR) is 61.1 cm³/mol. The molecular weight excluding hydrogens is 245 g/mol. The Morgan fingerprint density at radius 3 is 2.67 bits per heavy atom. The van der Waals surface area contributed by atoms with Gasteiger partial charge in [-0.1, -0.05) is 25.6 Å². The van der Waals surface area contributed by atoms with Crippen LogP contribution >= 0.6 is 0 Å². The van der Waals surface area contributed by atoms with Crippen LogP contribution in [-0.4, -0.2) is 18.6 Å². The smallest absolute Gasteiger partial charge is 0.406 e. The van der Waals surface area contributed by atoms with Gasteiger partial charge in [0.2, 0.25) is 0 Å². The summed E-state index contributed by atoms with van der Waals surface area (Å²) in [5.41, 5.74) is 0.894. The summed E-state index contributed by atoms with van der Waals surface area (Å²) in [6.45, 7) is 6.42. The quantitative estimate of drug-likeness (QED) is 0.767. The standard InChI is InChI=1S/C13H13F3O2/c1-3-12(8-17-12)9(2)10-5-4-6-11(7-10)18-13(14,15)16/h4-7H,2-3,8H2,1H3. The second kappa shape index (κ2) is 4.31. The average Bonchev–Trinajstić information content (AvgIpc) is 3.07. The molecule has 0 amide bonds. The van der Waals surface area contributed by atoms with E-state index in [1.165, 1.54) is 18.2 Å². The molecule has 98 valence electrons. The molecular formula is C13H13F3O2. The highest BCUT2D eigenvalue weighted by atomic mass is 19.4. The van der Waals surface area contributed by atoms with Crippen molar-refractivity contribution in [3.63, 3.8) is 0 Å². The first kappa shape index (κ1) is 13.0. The fourth-order valence-corrected chi connectivity index (χ4v) is 1.82. The highest BCUT2D eigenvalue weighted by Crippen LogP contribution is 2.43. The van der Waals surface area contributed by atoms with E-state index in [4.69, 9.17) is 4.74 Å². The lowest BCUT2D eigenvalue weighted by Crippen LogP contribution is -2.17. The predicted octanol–water partition coefficient (Wildman–Crippen LogP) is 3.78. The molecule has 5 heteroatoms. The third kappa shape index (κ3) is 2.67. The van der Waals surface area contributed by atoms with E-state index in [9.17, 15) is 13.2 Å². The van der Waals surface area contributed by atoms with Crippen LogP contribution < -0.4 is 4.74 Å². The summed E-state index contributed by atoms with van der Waals surface area (Å²) in [5, 5.41) is 0. The molecule has 1 fully saturated rings. The molecule has 1 atom stereocenters. The number of ether oxygens (including phenoxy) is 2. The Balaban J connectivity index is 2.20. The van der Waals surface area contributed by atoms with E-state index in [1.807, 2.05) is 6.92 Å². The molecule has 1 aromatic rings. The molecule has 1 aromatic carbocycles. The molecule has 0 saturated carbocycles. The van der Waals surface area contributed by atoms with Crippen LogP contribution in [0.15, 0.2) is 30.8 Å². The maximum Gasteiger partial charge on any atom is 0.573 e. The molecule has 1 aliphatic rings. The highest BCUT2D eigenvalue weighted by Gasteiger charge is 2.46. The zero-order chi connectivity index (χ0) is 13.4. The summed E-state index contributed by atoms with van der Waals surface area (Å²) in [6.07, 6.45) is -3.94. The Morgan fingerprint density at radius 1 is 1.50 bits per heavy atom. The maximum atomic E-state index is 12.1. The van der Waals surface area contributed by atoms with E-state index in [0.717, 1.165) is 6.42 Å². The number of benzene rings is 1. The molecule has 1 saturated heterocycles. The number of epoxide rings is 1. The summed E-state index contributed by atoms with van der Waals surface area (Å²) < 4.78 is 45.6. The molecule has 0 radical (unpaired) electrons. The lowest BCUT2D eigenvalue weighted by atomic mass is 9.92. The molecule has 0 bridgehead atoms. The monoisotopic (exact) mass is 258 g/mol. The van der Waals surface area contributed by atoms with E-state index in [1.54, 1.807) is 6.07 Å². The number of hydrogen-bond donors (Lipinski definition) is 0. The van der Waals surface area contributed by atoms with E-state index in [0.29, 0.717) is 17.7 Å². The maximum absolute atomic E-state index is 12.1. The van der Waals surface area contributed by atoms with Crippen molar-refractivity contribution in [1.29, 1.82) is 0 Å². The fraction of sp³-hybridized carbons (Fsp3) is 0.385. The van der Waals surface area contributed by atoms with Gasteiger partial charge in [0.15, 0.2) is 0 Å². The Bertz CT molecular complexity index is 462. The van der Waals surface area contributed by atoms with Crippen molar-refractivity contribution in [1.82, 2.24) is 0 Å². The second-order valence-corrected chi connectivity index (χ2v) is 4.19. The minimum atomic E-state index is -4.68. The van der Waals surface area contributed by atoms with E-state index >= 15 is 0 Å². The first-order valence-electron chi connectivity index (χ1n) is 5.56. The third-order valence-electron chi connectivity index (χ3n) is 3.03. The molecule has 18 heavy (non-hydrogen) atoms. The van der Waals surface area contributed by atoms with Crippen molar-refractivity contribution in [2.75, 3.05) is 6.61 Å². The summed E-state index contributed by atoms with van der Waals surface area (Å²) in [5.74, 6) is -0.243. The van der Waals surface area contributed by atoms with Crippen LogP contribution in [0.5, 0.6) is 5.75 Å². The second-order valence-electron chi connectivity index (χ2n) is 4.19. The minimum Gasteiger partial charge on any atom is -0.406 e. The number of rotatable bonds is 4. The van der Waals surface area contributed by atoms with Crippen LogP contribution in [0.4, 0.5) is 13.2 Å². The van der Waals surface area contributed by atoms with Gasteiger partial charge in [-0.3, -0.25) is 0 Å². The van der Waals surface area contributed by atoms with Gasteiger partial charge in [-0.15, -0.1) is 13.2 Å². The Kier molecular flexibility index (Phi) is 3.11. The molecule has 0 N–H and O–H groups in total. The zero-order valence-electron chi connectivity index (χ0n) is 9.88. The number of hydrogen-bond acceptors (Lipinski definition) is 2. The van der Waals surface area contributed by atoms with Crippen molar-refractivity contribution in [3.8, 4) is 5.75 Å². The van der Waals surface area contributed by atoms with Crippen LogP contribution in [0.2, 0.25) is 0 Å². The molecule has 2 nitrogen and oxygen atoms in total. The van der Waals surface area contributed by atoms with Gasteiger partial charge in [-0.2, -0.15) is 0 Å². The zero-order valence-corrected chi connectivity index (χ0v) is 9.88. The lowest BCUT2D eigenvalue weighted by molar-refractivity contribution is -0.274. The SMILES string of the molecule is C=C(c1cccc(OC(F)(F)F)c1)C1(CC)CO1. The Morgan fingerprint density at radius 2 is 2.17 bits per heavy atom. The van der Waals surface area contributed by atoms with Crippen molar-refractivity contribution in [2.45, 2.75) is 25.3 Å². The molecule has 0 spiro atoms. The van der Waals surface area contributed by atoms with Crippen molar-refractivity contribution in [3.05, 3.63) is 36.4 Å². The van der Waals surface area contributed by atoms with Crippen molar-refractivity contribution < 1.29 is 22.6 Å². The topological polar surface area (TPSA) is 21.8 Å². The first-order valence-corrected chi connectivity index (χ1v) is 5.56. The van der Waals surface area contributed by atoms with Crippen LogP contribution in [0.1, 0.15) is 18.9 Å². The number of halogens is 3. The van der Waals surface area contributed by atoms with Crippen LogP contribution in [-0.2, 0) is 4.74 Å². The van der Waals surface area contributed by atoms with Crippen LogP contribution in [0.25, 0.3) is 5.57 Å². The Labute approximate surface area is 103 Å². The van der Waals surface area contributed by atoms with Gasteiger partial charge in [0.25, 0.3) is 0 Å². The van der Waals surface area contributed by atoms with Gasteiger partial charge in [-0.25, -0.2) is 0 Å². The van der Waals surface area contributed by atoms with Gasteiger partial charge in [0.1, 0.15) is 11.4 Å². The van der Waals surface area contributed by atoms with Gasteiger partial charge in [0.05, 0.1) is 6.61 Å². The summed E-state index contributed by atoms with van der Waals surface area (Å²) in [7, 11) is 0. The summed E-state index contributed by atoms with van der Waals surface area (Å²) in [6, 6.07) is 5.80. The molecule has 1 heterocycles. The van der Waals surface area contributed by atoms with Crippen molar-refractivity contribution >= 4 is 5.57 Å². The van der Waals surface area contributed by atoms with Crippen LogP contribution in [0, 0.1) is 0 Å². The molecule has 0 aromatic heterocycles. The summed E-state index contributed by atoms with van der Waals surface area (Å²) in [4.78, 5) is 0. The summed E-state index contributed by atoms with van der Waals surface area (Å²) >= 11 is 0. The highest BCUT2D eigenvalue weighted by molar-refractivity contribution is 5.73. The normalized spacial score (nSPS) is 22.7. The molecule has 0 aliphatic carbocycles. The lowest BCUT2D eigenvalue weighted by Gasteiger charge is -2.15. The average molecular weight is 258 g/mol. The molecule has 1 aliphatic heterocycles. The largest absolute Gasteiger partial charge is 0.573 e. The van der Waals surface area contributed by atoms with Gasteiger partial charge >= 0.3 is 6.36 Å². The van der Waals surface area contributed by atoms with Crippen LogP contribution in [0.3, 0.4) is 0 Å².